The van der Waals surface area contributed by atoms with Gasteiger partial charge in [-0.25, -0.2) is 0 Å². The van der Waals surface area contributed by atoms with Crippen LogP contribution in [0.2, 0.25) is 10.0 Å². The van der Waals surface area contributed by atoms with Gasteiger partial charge in [0.05, 0.1) is 41.0 Å². The number of hydrogen-bond donors (Lipinski definition) is 2. The number of rotatable bonds is 5. The average Bonchev–Trinajstić information content (AvgIpc) is 3.39. The fourth-order valence-corrected chi connectivity index (χ4v) is 8.49. The molecule has 11 heteroatoms. The molecule has 2 saturated heterocycles. The van der Waals surface area contributed by atoms with Gasteiger partial charge in [0, 0.05) is 18.0 Å². The predicted octanol–water partition coefficient (Wildman–Crippen LogP) is 5.32. The molecule has 2 N–H and O–H groups in total. The van der Waals surface area contributed by atoms with E-state index < -0.39 is 46.8 Å². The van der Waals surface area contributed by atoms with Gasteiger partial charge < -0.3 is 9.84 Å². The molecule has 0 unspecified atom stereocenters. The van der Waals surface area contributed by atoms with E-state index in [1.54, 1.807) is 67.8 Å². The number of hydrogen-bond acceptors (Lipinski definition) is 7. The van der Waals surface area contributed by atoms with Crippen LogP contribution in [-0.2, 0) is 24.6 Å². The van der Waals surface area contributed by atoms with Crippen molar-refractivity contribution in [3.63, 3.8) is 0 Å². The molecule has 4 aliphatic rings. The molecule has 1 saturated carbocycles. The third-order valence-electron chi connectivity index (χ3n) is 10.0. The number of anilines is 1. The van der Waals surface area contributed by atoms with E-state index in [2.05, 4.69) is 5.43 Å². The highest BCUT2D eigenvalue weighted by atomic mass is 35.5. The lowest BCUT2D eigenvalue weighted by molar-refractivity contribution is -0.140. The van der Waals surface area contributed by atoms with Gasteiger partial charge in [0.1, 0.15) is 11.5 Å². The van der Waals surface area contributed by atoms with Crippen molar-refractivity contribution in [2.45, 2.75) is 24.2 Å². The van der Waals surface area contributed by atoms with E-state index in [9.17, 15) is 19.5 Å². The largest absolute Gasteiger partial charge is 0.508 e. The van der Waals surface area contributed by atoms with Crippen molar-refractivity contribution >= 4 is 52.5 Å². The lowest BCUT2D eigenvalue weighted by Gasteiger charge is -2.50. The summed E-state index contributed by atoms with van der Waals surface area (Å²) >= 11 is 12.6. The minimum absolute atomic E-state index is 0.0477. The van der Waals surface area contributed by atoms with Gasteiger partial charge in [0.15, 0.2) is 0 Å². The Kier molecular flexibility index (Phi) is 6.94. The number of amides is 4. The van der Waals surface area contributed by atoms with Crippen molar-refractivity contribution in [1.29, 1.82) is 0 Å². The van der Waals surface area contributed by atoms with Crippen molar-refractivity contribution in [3.05, 3.63) is 99.6 Å². The number of aromatic hydroxyl groups is 1. The number of allylic oxidation sites excluding steroid dienone is 2. The molecular formula is C34H29Cl2N3O6. The second-order valence-electron chi connectivity index (χ2n) is 12.0. The van der Waals surface area contributed by atoms with E-state index in [0.717, 1.165) is 10.6 Å². The summed E-state index contributed by atoms with van der Waals surface area (Å²) in [6, 6.07) is 18.4. The third-order valence-corrected chi connectivity index (χ3v) is 10.6. The van der Waals surface area contributed by atoms with Gasteiger partial charge in [-0.1, -0.05) is 59.1 Å². The van der Waals surface area contributed by atoms with Crippen LogP contribution in [0.3, 0.4) is 0 Å². The summed E-state index contributed by atoms with van der Waals surface area (Å²) in [5, 5.41) is 11.8. The van der Waals surface area contributed by atoms with Crippen molar-refractivity contribution in [1.82, 2.24) is 9.91 Å². The number of likely N-dealkylation sites (tertiary alicyclic amines) is 1. The number of carbonyl (C=O) groups is 4. The number of nitrogens with one attached hydrogen (secondary N) is 1. The lowest BCUT2D eigenvalue weighted by Crippen LogP contribution is -2.53. The third kappa shape index (κ3) is 4.20. The molecule has 0 spiro atoms. The summed E-state index contributed by atoms with van der Waals surface area (Å²) in [5.41, 5.74) is 3.97. The topological polar surface area (TPSA) is 116 Å². The molecule has 3 fully saturated rings. The van der Waals surface area contributed by atoms with Crippen molar-refractivity contribution < 1.29 is 29.0 Å². The number of halogens is 2. The van der Waals surface area contributed by atoms with Crippen LogP contribution < -0.4 is 10.2 Å². The number of nitrogens with zero attached hydrogens (tertiary/aromatic N) is 2. The van der Waals surface area contributed by atoms with Crippen molar-refractivity contribution in [3.8, 4) is 11.5 Å². The molecule has 0 bridgehead atoms. The van der Waals surface area contributed by atoms with Gasteiger partial charge in [-0.2, -0.15) is 5.01 Å². The van der Waals surface area contributed by atoms with E-state index in [-0.39, 0.29) is 29.0 Å². The van der Waals surface area contributed by atoms with Crippen LogP contribution in [0, 0.1) is 23.7 Å². The van der Waals surface area contributed by atoms with E-state index >= 15 is 4.79 Å². The Morgan fingerprint density at radius 3 is 2.29 bits per heavy atom. The van der Waals surface area contributed by atoms with E-state index in [1.165, 1.54) is 18.0 Å². The molecule has 3 aromatic rings. The van der Waals surface area contributed by atoms with Gasteiger partial charge in [-0.15, -0.1) is 0 Å². The highest BCUT2D eigenvalue weighted by Crippen LogP contribution is 2.64. The summed E-state index contributed by atoms with van der Waals surface area (Å²) in [4.78, 5) is 57.5. The Hall–Kier alpha value is -4.34. The molecule has 3 aromatic carbocycles. The van der Waals surface area contributed by atoms with Crippen LogP contribution in [0.4, 0.5) is 5.69 Å². The summed E-state index contributed by atoms with van der Waals surface area (Å²) in [6.45, 7) is 0. The van der Waals surface area contributed by atoms with Crippen LogP contribution in [0.1, 0.15) is 29.9 Å². The number of phenols is 1. The summed E-state index contributed by atoms with van der Waals surface area (Å²) in [6.07, 6.45) is 2.50. The van der Waals surface area contributed by atoms with Gasteiger partial charge >= 0.3 is 0 Å². The molecule has 4 amide bonds. The van der Waals surface area contributed by atoms with Crippen LogP contribution in [0.25, 0.3) is 0 Å². The van der Waals surface area contributed by atoms with Crippen LogP contribution in [-0.4, -0.2) is 52.8 Å². The van der Waals surface area contributed by atoms with Gasteiger partial charge in [0.25, 0.3) is 11.8 Å². The normalized spacial score (nSPS) is 28.9. The Morgan fingerprint density at radius 2 is 1.62 bits per heavy atom. The number of methoxy groups -OCH3 is 1. The first-order valence-corrected chi connectivity index (χ1v) is 15.4. The molecule has 2 aliphatic carbocycles. The standard InChI is InChI=1S/C34H29Cl2N3O6/c1-38-30(41)23-13-12-22-24(28(23)32(38)43)16-25-31(42)39(37-27-14-7-19(35)15-26(27)36)33(44)34(25,18-5-10-21(45-2)11-6-18)29(22)17-3-8-20(40)9-4-17/h3-12,14-15,23-25,28-29,37,40H,13,16H2,1-2H3/t23-,24+,25-,28-,29-,34+/m0/s1. The first kappa shape index (κ1) is 29.4. The molecule has 9 nitrogen and oxygen atoms in total. The number of carbonyl (C=O) groups excluding carboxylic acids is 4. The predicted molar refractivity (Wildman–Crippen MR) is 167 cm³/mol. The number of phenolic OH excluding ortho intramolecular Hbond substituents is 1. The van der Waals surface area contributed by atoms with Gasteiger partial charge in [-0.3, -0.25) is 29.5 Å². The SMILES string of the molecule is COc1ccc([C@@]23C(=O)N(Nc4ccc(Cl)cc4Cl)C(=O)[C@@H]2C[C@@H]2C(=CC[C@@H]4C(=O)N(C)C(=O)[C@@H]42)[C@@H]3c2ccc(O)cc2)cc1. The fraction of sp³-hybridized carbons (Fsp3) is 0.294. The highest BCUT2D eigenvalue weighted by Gasteiger charge is 2.70. The first-order chi connectivity index (χ1) is 21.6. The Bertz CT molecular complexity index is 1790. The monoisotopic (exact) mass is 645 g/mol. The molecule has 45 heavy (non-hydrogen) atoms. The molecule has 7 rings (SSSR count). The second kappa shape index (κ2) is 10.6. The Morgan fingerprint density at radius 1 is 0.911 bits per heavy atom. The number of hydrazine groups is 1. The Labute approximate surface area is 269 Å². The lowest BCUT2D eigenvalue weighted by atomic mass is 9.49. The molecule has 230 valence electrons. The zero-order valence-electron chi connectivity index (χ0n) is 24.4. The summed E-state index contributed by atoms with van der Waals surface area (Å²) in [5.74, 6) is -4.09. The van der Waals surface area contributed by atoms with Crippen LogP contribution >= 0.6 is 23.2 Å². The molecular weight excluding hydrogens is 617 g/mol. The Balaban J connectivity index is 1.46. The smallest absolute Gasteiger partial charge is 0.260 e. The maximum atomic E-state index is 15.1. The molecule has 0 radical (unpaired) electrons. The van der Waals surface area contributed by atoms with Gasteiger partial charge in [0.2, 0.25) is 11.8 Å². The number of fused-ring (bicyclic) bond motifs is 4. The maximum absolute atomic E-state index is 15.1. The molecule has 2 heterocycles. The minimum atomic E-state index is -1.45. The second-order valence-corrected chi connectivity index (χ2v) is 12.9. The van der Waals surface area contributed by atoms with Crippen LogP contribution in [0.5, 0.6) is 11.5 Å². The molecule has 0 aromatic heterocycles. The van der Waals surface area contributed by atoms with Crippen LogP contribution in [0.15, 0.2) is 78.4 Å². The maximum Gasteiger partial charge on any atom is 0.260 e. The summed E-state index contributed by atoms with van der Waals surface area (Å²) < 4.78 is 5.41. The summed E-state index contributed by atoms with van der Waals surface area (Å²) in [7, 11) is 3.04. The van der Waals surface area contributed by atoms with E-state index in [1.807, 2.05) is 6.08 Å². The zero-order valence-corrected chi connectivity index (χ0v) is 25.9. The van der Waals surface area contributed by atoms with Crippen molar-refractivity contribution in [2.75, 3.05) is 19.6 Å². The first-order valence-electron chi connectivity index (χ1n) is 14.6. The number of imide groups is 2. The minimum Gasteiger partial charge on any atom is -0.508 e. The van der Waals surface area contributed by atoms with Gasteiger partial charge in [-0.05, 0) is 72.4 Å². The van der Waals surface area contributed by atoms with E-state index in [0.29, 0.717) is 34.0 Å². The number of ether oxygens (including phenoxy) is 1. The quantitative estimate of drug-likeness (QED) is 0.285. The molecule has 6 atom stereocenters. The van der Waals surface area contributed by atoms with E-state index in [4.69, 9.17) is 27.9 Å². The fourth-order valence-electron chi connectivity index (χ4n) is 8.04. The molecule has 2 aliphatic heterocycles. The highest BCUT2D eigenvalue weighted by molar-refractivity contribution is 6.36. The average molecular weight is 647 g/mol. The number of benzene rings is 3. The zero-order chi connectivity index (χ0) is 31.8. The van der Waals surface area contributed by atoms with Crippen molar-refractivity contribution in [2.24, 2.45) is 23.7 Å².